The van der Waals surface area contributed by atoms with Gasteiger partial charge in [0.2, 0.25) is 0 Å². The van der Waals surface area contributed by atoms with Crippen molar-refractivity contribution in [2.75, 3.05) is 45.6 Å². The second-order valence-corrected chi connectivity index (χ2v) is 8.45. The summed E-state index contributed by atoms with van der Waals surface area (Å²) in [5, 5.41) is 3.44. The van der Waals surface area contributed by atoms with E-state index >= 15 is 0 Å². The van der Waals surface area contributed by atoms with E-state index < -0.39 is 0 Å². The van der Waals surface area contributed by atoms with Gasteiger partial charge in [-0.1, -0.05) is 29.5 Å². The molecule has 0 atom stereocenters. The molecule has 33 heavy (non-hydrogen) atoms. The molecular weight excluding hydrogens is 434 g/mol. The Labute approximate surface area is 199 Å². The van der Waals surface area contributed by atoms with Crippen LogP contribution in [0.5, 0.6) is 0 Å². The van der Waals surface area contributed by atoms with E-state index in [0.29, 0.717) is 23.7 Å². The van der Waals surface area contributed by atoms with Crippen LogP contribution in [-0.4, -0.2) is 65.9 Å². The standard InChI is InChI=1S/C26H26ClN5O/c1-18-21(7-4-19-5-9-25(28-2)30-17-19)22(10-11-29-18)20-6-8-23(24(27)16-20)26(33)32-14-12-31(3)13-15-32/h5-6,8-11,16-17H,12-15H2,1-3H3,(H,28,30). The van der Waals surface area contributed by atoms with E-state index in [1.807, 2.05) is 55.3 Å². The molecule has 3 heterocycles. The Balaban J connectivity index is 1.63. The number of aryl methyl sites for hydroxylation is 1. The Bertz CT molecular complexity index is 1220. The third-order valence-corrected chi connectivity index (χ3v) is 6.11. The minimum absolute atomic E-state index is 0.0249. The van der Waals surface area contributed by atoms with Crippen molar-refractivity contribution in [3.8, 4) is 23.0 Å². The van der Waals surface area contributed by atoms with Crippen molar-refractivity contribution in [3.05, 3.63) is 76.2 Å². The van der Waals surface area contributed by atoms with Gasteiger partial charge in [0, 0.05) is 56.7 Å². The lowest BCUT2D eigenvalue weighted by molar-refractivity contribution is 0.0664. The predicted octanol–water partition coefficient (Wildman–Crippen LogP) is 3.93. The number of aromatic nitrogens is 2. The number of anilines is 1. The fourth-order valence-electron chi connectivity index (χ4n) is 3.75. The lowest BCUT2D eigenvalue weighted by Gasteiger charge is -2.32. The Kier molecular flexibility index (Phi) is 6.93. The molecule has 6 nitrogen and oxygen atoms in total. The average molecular weight is 460 g/mol. The molecule has 1 fully saturated rings. The number of pyridine rings is 2. The van der Waals surface area contributed by atoms with Gasteiger partial charge in [-0.2, -0.15) is 0 Å². The van der Waals surface area contributed by atoms with Gasteiger partial charge in [-0.05, 0) is 49.9 Å². The molecule has 168 valence electrons. The highest BCUT2D eigenvalue weighted by Crippen LogP contribution is 2.29. The van der Waals surface area contributed by atoms with E-state index in [-0.39, 0.29) is 5.91 Å². The number of nitrogens with one attached hydrogen (secondary N) is 1. The van der Waals surface area contributed by atoms with E-state index in [0.717, 1.165) is 46.9 Å². The molecule has 1 N–H and O–H groups in total. The topological polar surface area (TPSA) is 61.4 Å². The van der Waals surface area contributed by atoms with Crippen molar-refractivity contribution in [1.82, 2.24) is 19.8 Å². The van der Waals surface area contributed by atoms with Gasteiger partial charge in [0.05, 0.1) is 21.8 Å². The van der Waals surface area contributed by atoms with Crippen molar-refractivity contribution in [3.63, 3.8) is 0 Å². The molecule has 0 radical (unpaired) electrons. The summed E-state index contributed by atoms with van der Waals surface area (Å²) in [6.45, 7) is 5.09. The summed E-state index contributed by atoms with van der Waals surface area (Å²) in [5.41, 5.74) is 4.81. The maximum Gasteiger partial charge on any atom is 0.255 e. The molecule has 1 saturated heterocycles. The fraction of sp³-hybridized carbons (Fsp3) is 0.269. The van der Waals surface area contributed by atoms with Crippen LogP contribution in [0.3, 0.4) is 0 Å². The van der Waals surface area contributed by atoms with E-state index in [2.05, 4.69) is 39.1 Å². The van der Waals surface area contributed by atoms with Crippen LogP contribution in [0.4, 0.5) is 5.82 Å². The van der Waals surface area contributed by atoms with E-state index in [1.165, 1.54) is 0 Å². The first-order valence-corrected chi connectivity index (χ1v) is 11.2. The van der Waals surface area contributed by atoms with Gasteiger partial charge < -0.3 is 15.1 Å². The maximum atomic E-state index is 13.0. The molecule has 0 aliphatic carbocycles. The first-order valence-electron chi connectivity index (χ1n) is 10.9. The summed E-state index contributed by atoms with van der Waals surface area (Å²) >= 11 is 6.59. The monoisotopic (exact) mass is 459 g/mol. The average Bonchev–Trinajstić information content (AvgIpc) is 2.83. The zero-order valence-electron chi connectivity index (χ0n) is 19.0. The summed E-state index contributed by atoms with van der Waals surface area (Å²) in [5.74, 6) is 7.19. The van der Waals surface area contributed by atoms with Crippen molar-refractivity contribution in [1.29, 1.82) is 0 Å². The van der Waals surface area contributed by atoms with Gasteiger partial charge in [-0.25, -0.2) is 4.98 Å². The summed E-state index contributed by atoms with van der Waals surface area (Å²) < 4.78 is 0. The van der Waals surface area contributed by atoms with Crippen LogP contribution in [0.2, 0.25) is 5.02 Å². The van der Waals surface area contributed by atoms with Gasteiger partial charge in [-0.3, -0.25) is 9.78 Å². The van der Waals surface area contributed by atoms with Crippen LogP contribution < -0.4 is 5.32 Å². The van der Waals surface area contributed by atoms with Crippen LogP contribution in [0.25, 0.3) is 11.1 Å². The smallest absolute Gasteiger partial charge is 0.255 e. The summed E-state index contributed by atoms with van der Waals surface area (Å²) in [6, 6.07) is 11.3. The Morgan fingerprint density at radius 2 is 1.85 bits per heavy atom. The largest absolute Gasteiger partial charge is 0.373 e. The molecule has 4 rings (SSSR count). The highest BCUT2D eigenvalue weighted by Gasteiger charge is 2.22. The SMILES string of the molecule is CNc1ccc(C#Cc2c(-c3ccc(C(=O)N4CCN(C)CC4)c(Cl)c3)ccnc2C)cn1. The van der Waals surface area contributed by atoms with Gasteiger partial charge in [0.1, 0.15) is 5.82 Å². The van der Waals surface area contributed by atoms with Crippen LogP contribution >= 0.6 is 11.6 Å². The van der Waals surface area contributed by atoms with Crippen molar-refractivity contribution in [2.24, 2.45) is 0 Å². The van der Waals surface area contributed by atoms with Gasteiger partial charge >= 0.3 is 0 Å². The Morgan fingerprint density at radius 1 is 1.06 bits per heavy atom. The minimum atomic E-state index is -0.0249. The van der Waals surface area contributed by atoms with E-state index in [4.69, 9.17) is 11.6 Å². The highest BCUT2D eigenvalue weighted by atomic mass is 35.5. The number of carbonyl (C=O) groups excluding carboxylic acids is 1. The molecule has 0 spiro atoms. The number of halogens is 1. The minimum Gasteiger partial charge on any atom is -0.373 e. The third kappa shape index (κ3) is 5.16. The quantitative estimate of drug-likeness (QED) is 0.601. The van der Waals surface area contributed by atoms with Crippen LogP contribution in [0.15, 0.2) is 48.8 Å². The van der Waals surface area contributed by atoms with Crippen molar-refractivity contribution < 1.29 is 4.79 Å². The molecule has 3 aromatic rings. The molecule has 0 bridgehead atoms. The van der Waals surface area contributed by atoms with Gasteiger partial charge in [0.25, 0.3) is 5.91 Å². The number of rotatable bonds is 3. The number of amides is 1. The van der Waals surface area contributed by atoms with Crippen LogP contribution in [0.1, 0.15) is 27.2 Å². The summed E-state index contributed by atoms with van der Waals surface area (Å²) in [6.07, 6.45) is 3.50. The first kappa shape index (κ1) is 22.8. The zero-order chi connectivity index (χ0) is 23.4. The molecule has 0 unspecified atom stereocenters. The van der Waals surface area contributed by atoms with Crippen molar-refractivity contribution in [2.45, 2.75) is 6.92 Å². The Hall–Kier alpha value is -3.40. The molecule has 1 amide bonds. The van der Waals surface area contributed by atoms with Crippen LogP contribution in [-0.2, 0) is 0 Å². The second-order valence-electron chi connectivity index (χ2n) is 8.04. The molecular formula is C26H26ClN5O. The lowest BCUT2D eigenvalue weighted by atomic mass is 9.98. The van der Waals surface area contributed by atoms with Gasteiger partial charge in [-0.15, -0.1) is 0 Å². The lowest BCUT2D eigenvalue weighted by Crippen LogP contribution is -2.47. The zero-order valence-corrected chi connectivity index (χ0v) is 19.8. The third-order valence-electron chi connectivity index (χ3n) is 5.79. The number of hydrogen-bond donors (Lipinski definition) is 1. The normalized spacial score (nSPS) is 13.9. The summed E-state index contributed by atoms with van der Waals surface area (Å²) in [7, 11) is 3.89. The highest BCUT2D eigenvalue weighted by molar-refractivity contribution is 6.34. The maximum absolute atomic E-state index is 13.0. The number of carbonyl (C=O) groups is 1. The Morgan fingerprint density at radius 3 is 2.52 bits per heavy atom. The number of likely N-dealkylation sites (N-methyl/N-ethyl adjacent to an activating group) is 1. The molecule has 1 aromatic carbocycles. The molecule has 1 aliphatic heterocycles. The van der Waals surface area contributed by atoms with Gasteiger partial charge in [0.15, 0.2) is 0 Å². The number of nitrogens with zero attached hydrogens (tertiary/aromatic N) is 4. The predicted molar refractivity (Wildman–Crippen MR) is 133 cm³/mol. The summed E-state index contributed by atoms with van der Waals surface area (Å²) in [4.78, 5) is 25.8. The van der Waals surface area contributed by atoms with Crippen LogP contribution in [0, 0.1) is 18.8 Å². The van der Waals surface area contributed by atoms with Crippen molar-refractivity contribution >= 4 is 23.3 Å². The number of piperazine rings is 1. The fourth-order valence-corrected chi connectivity index (χ4v) is 4.01. The molecule has 7 heteroatoms. The molecule has 0 saturated carbocycles. The molecule has 1 aliphatic rings. The molecule has 2 aromatic heterocycles. The number of hydrogen-bond acceptors (Lipinski definition) is 5. The first-order chi connectivity index (χ1) is 16.0. The van der Waals surface area contributed by atoms with E-state index in [1.54, 1.807) is 12.4 Å². The second kappa shape index (κ2) is 10.0. The van der Waals surface area contributed by atoms with E-state index in [9.17, 15) is 4.79 Å². The number of benzene rings is 1.